The lowest BCUT2D eigenvalue weighted by molar-refractivity contribution is -0.122. The van der Waals surface area contributed by atoms with Crippen molar-refractivity contribution in [3.63, 3.8) is 0 Å². The number of rotatable bonds is 9. The summed E-state index contributed by atoms with van der Waals surface area (Å²) in [6.07, 6.45) is 3.91. The van der Waals surface area contributed by atoms with Gasteiger partial charge < -0.3 is 20.5 Å². The maximum Gasteiger partial charge on any atom is 0.257 e. The van der Waals surface area contributed by atoms with Gasteiger partial charge in [0.05, 0.1) is 6.10 Å². The maximum atomic E-state index is 11.5. The van der Waals surface area contributed by atoms with Gasteiger partial charge in [-0.3, -0.25) is 4.79 Å². The molecular formula is C24H31ClN2O3. The van der Waals surface area contributed by atoms with Crippen LogP contribution in [0.2, 0.25) is 5.02 Å². The van der Waals surface area contributed by atoms with Crippen LogP contribution >= 0.6 is 11.6 Å². The molecule has 3 rings (SSSR count). The number of aliphatic hydroxyl groups is 1. The predicted octanol–water partition coefficient (Wildman–Crippen LogP) is 4.20. The Morgan fingerprint density at radius 1 is 1.23 bits per heavy atom. The quantitative estimate of drug-likeness (QED) is 0.557. The summed E-state index contributed by atoms with van der Waals surface area (Å²) in [5.74, 6) is 1.08. The van der Waals surface area contributed by atoms with Crippen molar-refractivity contribution in [2.24, 2.45) is 0 Å². The third-order valence-corrected chi connectivity index (χ3v) is 5.84. The molecular weight excluding hydrogens is 400 g/mol. The molecule has 1 amide bonds. The monoisotopic (exact) mass is 430 g/mol. The highest BCUT2D eigenvalue weighted by atomic mass is 35.5. The number of nitrogens with one attached hydrogen (secondary N) is 2. The van der Waals surface area contributed by atoms with Crippen LogP contribution in [0.5, 0.6) is 5.75 Å². The molecule has 1 aliphatic carbocycles. The maximum absolute atomic E-state index is 11.5. The van der Waals surface area contributed by atoms with Crippen LogP contribution in [0, 0.1) is 0 Å². The van der Waals surface area contributed by atoms with Crippen LogP contribution in [0.3, 0.4) is 0 Å². The lowest BCUT2D eigenvalue weighted by Gasteiger charge is -2.31. The molecule has 1 aliphatic rings. The summed E-state index contributed by atoms with van der Waals surface area (Å²) in [5, 5.41) is 17.3. The second kappa shape index (κ2) is 11.3. The van der Waals surface area contributed by atoms with E-state index in [-0.39, 0.29) is 12.5 Å². The van der Waals surface area contributed by atoms with E-state index in [0.29, 0.717) is 35.8 Å². The molecule has 1 fully saturated rings. The second-order valence-electron chi connectivity index (χ2n) is 7.85. The molecule has 3 unspecified atom stereocenters. The van der Waals surface area contributed by atoms with Gasteiger partial charge in [0.25, 0.3) is 5.91 Å². The summed E-state index contributed by atoms with van der Waals surface area (Å²) in [5.41, 5.74) is 2.13. The van der Waals surface area contributed by atoms with Gasteiger partial charge >= 0.3 is 0 Å². The zero-order chi connectivity index (χ0) is 21.3. The second-order valence-corrected chi connectivity index (χ2v) is 8.29. The Kier molecular flexibility index (Phi) is 8.55. The molecule has 0 saturated heterocycles. The molecule has 3 N–H and O–H groups in total. The molecule has 0 aromatic heterocycles. The van der Waals surface area contributed by atoms with Crippen molar-refractivity contribution in [2.75, 3.05) is 19.7 Å². The Balaban J connectivity index is 1.48. The molecule has 2 aromatic rings. The highest BCUT2D eigenvalue weighted by Crippen LogP contribution is 2.34. The minimum atomic E-state index is -0.564. The number of aliphatic hydroxyl groups excluding tert-OH is 1. The van der Waals surface area contributed by atoms with Gasteiger partial charge in [0.2, 0.25) is 0 Å². The van der Waals surface area contributed by atoms with Crippen LogP contribution in [0.1, 0.15) is 55.8 Å². The van der Waals surface area contributed by atoms with Gasteiger partial charge in [-0.05, 0) is 67.5 Å². The smallest absolute Gasteiger partial charge is 0.257 e. The molecule has 0 aliphatic heterocycles. The molecule has 0 radical (unpaired) electrons. The Bertz CT molecular complexity index is 812. The number of halogens is 1. The topological polar surface area (TPSA) is 70.6 Å². The Morgan fingerprint density at radius 3 is 2.77 bits per heavy atom. The van der Waals surface area contributed by atoms with Crippen LogP contribution in [0.25, 0.3) is 0 Å². The summed E-state index contributed by atoms with van der Waals surface area (Å²) in [6, 6.07) is 15.8. The lowest BCUT2D eigenvalue weighted by Crippen LogP contribution is -2.36. The molecule has 0 heterocycles. The zero-order valence-corrected chi connectivity index (χ0v) is 18.2. The summed E-state index contributed by atoms with van der Waals surface area (Å²) < 4.78 is 5.54. The van der Waals surface area contributed by atoms with Crippen LogP contribution in [0.15, 0.2) is 48.5 Å². The number of carbonyl (C=O) groups is 1. The summed E-state index contributed by atoms with van der Waals surface area (Å²) >= 11 is 6.02. The van der Waals surface area contributed by atoms with Crippen molar-refractivity contribution in [2.45, 2.75) is 50.7 Å². The minimum absolute atomic E-state index is 0.0392. The van der Waals surface area contributed by atoms with E-state index in [1.807, 2.05) is 43.3 Å². The Morgan fingerprint density at radius 2 is 2.03 bits per heavy atom. The molecule has 1 saturated carbocycles. The van der Waals surface area contributed by atoms with E-state index in [1.165, 1.54) is 5.56 Å². The SMILES string of the molecule is CCNC(=O)COc1ccc(C2CCCC(NCC(O)c3cccc(Cl)c3)C2)cc1. The van der Waals surface area contributed by atoms with E-state index in [2.05, 4.69) is 22.8 Å². The van der Waals surface area contributed by atoms with E-state index in [0.717, 1.165) is 31.2 Å². The number of hydrogen-bond acceptors (Lipinski definition) is 4. The fourth-order valence-electron chi connectivity index (χ4n) is 4.02. The molecule has 3 atom stereocenters. The molecule has 30 heavy (non-hydrogen) atoms. The van der Waals surface area contributed by atoms with Crippen LogP contribution in [0.4, 0.5) is 0 Å². The van der Waals surface area contributed by atoms with Crippen molar-refractivity contribution >= 4 is 17.5 Å². The normalized spacial score (nSPS) is 19.8. The van der Waals surface area contributed by atoms with Crippen molar-refractivity contribution in [1.29, 1.82) is 0 Å². The van der Waals surface area contributed by atoms with Crippen LogP contribution in [-0.2, 0) is 4.79 Å². The van der Waals surface area contributed by atoms with Crippen LogP contribution < -0.4 is 15.4 Å². The van der Waals surface area contributed by atoms with E-state index >= 15 is 0 Å². The van der Waals surface area contributed by atoms with Gasteiger partial charge in [-0.25, -0.2) is 0 Å². The summed E-state index contributed by atoms with van der Waals surface area (Å²) in [4.78, 5) is 11.5. The largest absolute Gasteiger partial charge is 0.484 e. The fraction of sp³-hybridized carbons (Fsp3) is 0.458. The number of benzene rings is 2. The van der Waals surface area contributed by atoms with Crippen LogP contribution in [-0.4, -0.2) is 36.8 Å². The van der Waals surface area contributed by atoms with E-state index < -0.39 is 6.10 Å². The van der Waals surface area contributed by atoms with Crippen molar-refractivity contribution in [3.05, 3.63) is 64.7 Å². The van der Waals surface area contributed by atoms with Crippen molar-refractivity contribution in [3.8, 4) is 5.75 Å². The van der Waals surface area contributed by atoms with Gasteiger partial charge in [-0.2, -0.15) is 0 Å². The molecule has 0 spiro atoms. The van der Waals surface area contributed by atoms with Gasteiger partial charge in [0.15, 0.2) is 6.61 Å². The van der Waals surface area contributed by atoms with Crippen molar-refractivity contribution < 1.29 is 14.6 Å². The number of likely N-dealkylation sites (N-methyl/N-ethyl adjacent to an activating group) is 1. The van der Waals surface area contributed by atoms with E-state index in [9.17, 15) is 9.90 Å². The number of amides is 1. The van der Waals surface area contributed by atoms with E-state index in [1.54, 1.807) is 0 Å². The molecule has 6 heteroatoms. The highest BCUT2D eigenvalue weighted by Gasteiger charge is 2.23. The van der Waals surface area contributed by atoms with Gasteiger partial charge in [-0.1, -0.05) is 42.3 Å². The first-order valence-corrected chi connectivity index (χ1v) is 11.1. The first kappa shape index (κ1) is 22.6. The minimum Gasteiger partial charge on any atom is -0.484 e. The summed E-state index contributed by atoms with van der Waals surface area (Å²) in [7, 11) is 0. The van der Waals surface area contributed by atoms with Gasteiger partial charge in [0, 0.05) is 24.2 Å². The number of ether oxygens (including phenoxy) is 1. The first-order valence-electron chi connectivity index (χ1n) is 10.7. The third-order valence-electron chi connectivity index (χ3n) is 5.60. The Labute approximate surface area is 183 Å². The average molecular weight is 431 g/mol. The number of carbonyl (C=O) groups excluding carboxylic acids is 1. The number of hydrogen-bond donors (Lipinski definition) is 3. The molecule has 5 nitrogen and oxygen atoms in total. The molecule has 0 bridgehead atoms. The molecule has 162 valence electrons. The summed E-state index contributed by atoms with van der Waals surface area (Å²) in [6.45, 7) is 3.05. The highest BCUT2D eigenvalue weighted by molar-refractivity contribution is 6.30. The zero-order valence-electron chi connectivity index (χ0n) is 17.4. The van der Waals surface area contributed by atoms with Gasteiger partial charge in [-0.15, -0.1) is 0 Å². The fourth-order valence-corrected chi connectivity index (χ4v) is 4.22. The molecule has 2 aromatic carbocycles. The Hall–Kier alpha value is -2.08. The van der Waals surface area contributed by atoms with Gasteiger partial charge in [0.1, 0.15) is 5.75 Å². The van der Waals surface area contributed by atoms with Crippen molar-refractivity contribution in [1.82, 2.24) is 10.6 Å². The standard InChI is InChI=1S/C24H31ClN2O3/c1-2-26-24(29)16-30-22-11-9-17(10-12-22)18-5-4-8-21(14-18)27-15-23(28)19-6-3-7-20(25)13-19/h3,6-7,9-13,18,21,23,27-28H,2,4-5,8,14-16H2,1H3,(H,26,29). The average Bonchev–Trinajstić information content (AvgIpc) is 2.77. The van der Waals surface area contributed by atoms with E-state index in [4.69, 9.17) is 16.3 Å². The first-order chi connectivity index (χ1) is 14.5. The third kappa shape index (κ3) is 6.73. The lowest BCUT2D eigenvalue weighted by atomic mass is 9.81. The predicted molar refractivity (Wildman–Crippen MR) is 120 cm³/mol.